The van der Waals surface area contributed by atoms with Gasteiger partial charge in [0.2, 0.25) is 0 Å². The standard InChI is InChI=1S/C21H22FN3O6/c1-11(31-15-8-6-5-7-13(15)22)20(26)24-25-21(27)14-9-12-16(28-2)10-17(29-3)19(30-4)18(12)23-14/h5-11,23H,1-4H3,(H,24,26)(H,25,27). The van der Waals surface area contributed by atoms with E-state index in [4.69, 9.17) is 18.9 Å². The van der Waals surface area contributed by atoms with Crippen LogP contribution in [0, 0.1) is 5.82 Å². The molecule has 2 amide bonds. The highest BCUT2D eigenvalue weighted by Crippen LogP contribution is 2.41. The molecule has 164 valence electrons. The maximum absolute atomic E-state index is 13.7. The fourth-order valence-electron chi connectivity index (χ4n) is 2.93. The van der Waals surface area contributed by atoms with Crippen molar-refractivity contribution in [2.24, 2.45) is 0 Å². The van der Waals surface area contributed by atoms with Gasteiger partial charge in [-0.3, -0.25) is 20.4 Å². The van der Waals surface area contributed by atoms with Crippen molar-refractivity contribution >= 4 is 22.7 Å². The van der Waals surface area contributed by atoms with Crippen LogP contribution in [0.4, 0.5) is 4.39 Å². The van der Waals surface area contributed by atoms with Crippen LogP contribution < -0.4 is 29.8 Å². The van der Waals surface area contributed by atoms with Crippen LogP contribution in [0.3, 0.4) is 0 Å². The number of nitrogens with one attached hydrogen (secondary N) is 3. The number of H-pyrrole nitrogens is 1. The molecule has 0 bridgehead atoms. The fourth-order valence-corrected chi connectivity index (χ4v) is 2.93. The Labute approximate surface area is 177 Å². The van der Waals surface area contributed by atoms with Gasteiger partial charge in [0.15, 0.2) is 29.2 Å². The SMILES string of the molecule is COc1cc(OC)c2cc(C(=O)NNC(=O)C(C)Oc3ccccc3F)[nH]c2c1OC. The van der Waals surface area contributed by atoms with E-state index in [0.717, 1.165) is 0 Å². The van der Waals surface area contributed by atoms with Gasteiger partial charge in [0, 0.05) is 11.5 Å². The van der Waals surface area contributed by atoms with Crippen molar-refractivity contribution in [3.05, 3.63) is 47.9 Å². The third-order valence-corrected chi connectivity index (χ3v) is 4.49. The van der Waals surface area contributed by atoms with Gasteiger partial charge in [-0.15, -0.1) is 0 Å². The van der Waals surface area contributed by atoms with Crippen molar-refractivity contribution in [2.45, 2.75) is 13.0 Å². The summed E-state index contributed by atoms with van der Waals surface area (Å²) < 4.78 is 35.0. The maximum Gasteiger partial charge on any atom is 0.286 e. The third-order valence-electron chi connectivity index (χ3n) is 4.49. The number of hydrogen-bond donors (Lipinski definition) is 3. The Hall–Kier alpha value is -3.95. The van der Waals surface area contributed by atoms with E-state index in [9.17, 15) is 14.0 Å². The second-order valence-corrected chi connectivity index (χ2v) is 6.42. The lowest BCUT2D eigenvalue weighted by Crippen LogP contribution is -2.47. The third kappa shape index (κ3) is 4.47. The van der Waals surface area contributed by atoms with E-state index >= 15 is 0 Å². The van der Waals surface area contributed by atoms with Gasteiger partial charge in [-0.05, 0) is 25.1 Å². The molecule has 0 aliphatic carbocycles. The van der Waals surface area contributed by atoms with Crippen LogP contribution in [-0.2, 0) is 4.79 Å². The van der Waals surface area contributed by atoms with Crippen LogP contribution >= 0.6 is 0 Å². The molecule has 3 N–H and O–H groups in total. The molecule has 9 nitrogen and oxygen atoms in total. The van der Waals surface area contributed by atoms with E-state index in [2.05, 4.69) is 15.8 Å². The lowest BCUT2D eigenvalue weighted by Gasteiger charge is -2.15. The number of methoxy groups -OCH3 is 3. The first-order valence-electron chi connectivity index (χ1n) is 9.22. The summed E-state index contributed by atoms with van der Waals surface area (Å²) in [5.41, 5.74) is 5.17. The summed E-state index contributed by atoms with van der Waals surface area (Å²) in [5, 5.41) is 0.591. The number of halogens is 1. The molecule has 10 heteroatoms. The molecule has 0 radical (unpaired) electrons. The highest BCUT2D eigenvalue weighted by molar-refractivity contribution is 6.02. The van der Waals surface area contributed by atoms with Crippen molar-refractivity contribution in [3.63, 3.8) is 0 Å². The minimum atomic E-state index is -1.05. The van der Waals surface area contributed by atoms with Gasteiger partial charge in [0.25, 0.3) is 11.8 Å². The number of aromatic nitrogens is 1. The first kappa shape index (κ1) is 21.8. The Balaban J connectivity index is 1.73. The van der Waals surface area contributed by atoms with Crippen LogP contribution in [0.2, 0.25) is 0 Å². The average Bonchev–Trinajstić information content (AvgIpc) is 3.22. The van der Waals surface area contributed by atoms with Gasteiger partial charge in [0.05, 0.1) is 26.8 Å². The molecular formula is C21H22FN3O6. The first-order chi connectivity index (χ1) is 14.9. The summed E-state index contributed by atoms with van der Waals surface area (Å²) in [4.78, 5) is 27.7. The van der Waals surface area contributed by atoms with E-state index in [1.807, 2.05) is 0 Å². The number of carbonyl (C=O) groups excluding carboxylic acids is 2. The van der Waals surface area contributed by atoms with Crippen molar-refractivity contribution < 1.29 is 32.9 Å². The molecule has 2 aromatic carbocycles. The molecule has 1 aromatic heterocycles. The molecule has 31 heavy (non-hydrogen) atoms. The number of ether oxygens (including phenoxy) is 4. The molecule has 0 spiro atoms. The monoisotopic (exact) mass is 431 g/mol. The Morgan fingerprint density at radius 3 is 2.32 bits per heavy atom. The van der Waals surface area contributed by atoms with Gasteiger partial charge in [0.1, 0.15) is 11.4 Å². The molecule has 0 saturated heterocycles. The molecule has 3 aromatic rings. The second kappa shape index (κ2) is 9.24. The molecule has 3 rings (SSSR count). The molecule has 0 aliphatic heterocycles. The number of amides is 2. The summed E-state index contributed by atoms with van der Waals surface area (Å²) in [6.07, 6.45) is -1.05. The van der Waals surface area contributed by atoms with E-state index < -0.39 is 23.7 Å². The number of hydrazine groups is 1. The Morgan fingerprint density at radius 2 is 1.68 bits per heavy atom. The highest BCUT2D eigenvalue weighted by Gasteiger charge is 2.21. The Morgan fingerprint density at radius 1 is 0.968 bits per heavy atom. The number of fused-ring (bicyclic) bond motifs is 1. The molecule has 0 aliphatic rings. The lowest BCUT2D eigenvalue weighted by atomic mass is 10.2. The van der Waals surface area contributed by atoms with Gasteiger partial charge >= 0.3 is 0 Å². The summed E-state index contributed by atoms with van der Waals surface area (Å²) in [7, 11) is 4.45. The van der Waals surface area contributed by atoms with Crippen LogP contribution in [-0.4, -0.2) is 44.2 Å². The number of hydrogen-bond acceptors (Lipinski definition) is 6. The predicted octanol–water partition coefficient (Wildman–Crippen LogP) is 2.56. The fraction of sp³-hybridized carbons (Fsp3) is 0.238. The molecular weight excluding hydrogens is 409 g/mol. The van der Waals surface area contributed by atoms with Crippen LogP contribution in [0.5, 0.6) is 23.0 Å². The van der Waals surface area contributed by atoms with E-state index in [1.54, 1.807) is 18.2 Å². The molecule has 1 atom stereocenters. The smallest absolute Gasteiger partial charge is 0.286 e. The zero-order chi connectivity index (χ0) is 22.5. The molecule has 0 fully saturated rings. The summed E-state index contributed by atoms with van der Waals surface area (Å²) >= 11 is 0. The predicted molar refractivity (Wildman–Crippen MR) is 110 cm³/mol. The second-order valence-electron chi connectivity index (χ2n) is 6.42. The largest absolute Gasteiger partial charge is 0.496 e. The number of carbonyl (C=O) groups is 2. The van der Waals surface area contributed by atoms with Gasteiger partial charge in [-0.25, -0.2) is 4.39 Å². The number of aromatic amines is 1. The molecule has 0 saturated carbocycles. The quantitative estimate of drug-likeness (QED) is 0.496. The Kier molecular flexibility index (Phi) is 6.49. The van der Waals surface area contributed by atoms with Crippen LogP contribution in [0.1, 0.15) is 17.4 Å². The Bertz CT molecular complexity index is 1110. The van der Waals surface area contributed by atoms with Crippen molar-refractivity contribution in [3.8, 4) is 23.0 Å². The van der Waals surface area contributed by atoms with Crippen LogP contribution in [0.25, 0.3) is 10.9 Å². The van der Waals surface area contributed by atoms with Gasteiger partial charge in [-0.2, -0.15) is 0 Å². The minimum Gasteiger partial charge on any atom is -0.496 e. The minimum absolute atomic E-state index is 0.0692. The van der Waals surface area contributed by atoms with Gasteiger partial charge in [-0.1, -0.05) is 12.1 Å². The molecule has 1 heterocycles. The summed E-state index contributed by atoms with van der Waals surface area (Å²) in [6.45, 7) is 1.43. The average molecular weight is 431 g/mol. The normalized spacial score (nSPS) is 11.5. The first-order valence-corrected chi connectivity index (χ1v) is 9.22. The van der Waals surface area contributed by atoms with E-state index in [-0.39, 0.29) is 11.4 Å². The van der Waals surface area contributed by atoms with Crippen molar-refractivity contribution in [2.75, 3.05) is 21.3 Å². The highest BCUT2D eigenvalue weighted by atomic mass is 19.1. The maximum atomic E-state index is 13.7. The molecule has 1 unspecified atom stereocenters. The van der Waals surface area contributed by atoms with E-state index in [0.29, 0.717) is 28.2 Å². The van der Waals surface area contributed by atoms with Gasteiger partial charge < -0.3 is 23.9 Å². The number of rotatable bonds is 7. The zero-order valence-corrected chi connectivity index (χ0v) is 17.4. The lowest BCUT2D eigenvalue weighted by molar-refractivity contribution is -0.128. The van der Waals surface area contributed by atoms with Crippen molar-refractivity contribution in [1.29, 1.82) is 0 Å². The van der Waals surface area contributed by atoms with E-state index in [1.165, 1.54) is 46.5 Å². The summed E-state index contributed by atoms with van der Waals surface area (Å²) in [5.74, 6) is -0.654. The topological polar surface area (TPSA) is 111 Å². The summed E-state index contributed by atoms with van der Waals surface area (Å²) in [6, 6.07) is 8.90. The number of benzene rings is 2. The van der Waals surface area contributed by atoms with Crippen LogP contribution in [0.15, 0.2) is 36.4 Å². The number of para-hydroxylation sites is 1. The zero-order valence-electron chi connectivity index (χ0n) is 17.4. The van der Waals surface area contributed by atoms with Crippen molar-refractivity contribution in [1.82, 2.24) is 15.8 Å².